The molecule has 0 unspecified atom stereocenters. The predicted molar refractivity (Wildman–Crippen MR) is 136 cm³/mol. The topological polar surface area (TPSA) is 263 Å². The van der Waals surface area contributed by atoms with Gasteiger partial charge in [0.25, 0.3) is 5.56 Å². The van der Waals surface area contributed by atoms with Crippen molar-refractivity contribution < 1.29 is 58.4 Å². The number of nitrogens with one attached hydrogen (secondary N) is 1. The smallest absolute Gasteiger partial charge is 0.469 e. The summed E-state index contributed by atoms with van der Waals surface area (Å²) in [6.45, 7) is 6.52. The van der Waals surface area contributed by atoms with E-state index < -0.39 is 62.0 Å². The number of phosphoric ester groups is 1. The maximum Gasteiger partial charge on any atom is 0.469 e. The molecular weight excluding hydrogens is 547 g/mol. The number of aromatic nitrogens is 2. The second kappa shape index (κ2) is 20.1. The van der Waals surface area contributed by atoms with Gasteiger partial charge in [-0.1, -0.05) is 20.8 Å². The van der Waals surface area contributed by atoms with Crippen LogP contribution in [0.5, 0.6) is 0 Å². The SMILES string of the molecule is CCCC(=O)O.CCCC(=O)O.CCCC(=O)O.Cc1cn([C@H]2C[C@H](O)[C@@H](COP(=O)(O)O)O2)c(=O)[nH]c1=O. The fourth-order valence-electron chi connectivity index (χ4n) is 2.65. The Labute approximate surface area is 224 Å². The maximum absolute atomic E-state index is 11.7. The van der Waals surface area contributed by atoms with Crippen molar-refractivity contribution in [3.05, 3.63) is 32.6 Å². The van der Waals surface area contributed by atoms with E-state index in [1.807, 2.05) is 20.8 Å². The van der Waals surface area contributed by atoms with Gasteiger partial charge in [-0.2, -0.15) is 0 Å². The molecule has 16 nitrogen and oxygen atoms in total. The summed E-state index contributed by atoms with van der Waals surface area (Å²) in [5.41, 5.74) is -0.918. The minimum atomic E-state index is -4.67. The second-order valence-electron chi connectivity index (χ2n) is 8.13. The Hall–Kier alpha value is -2.88. The van der Waals surface area contributed by atoms with Gasteiger partial charge in [-0.25, -0.2) is 9.36 Å². The van der Waals surface area contributed by atoms with E-state index in [0.717, 1.165) is 23.8 Å². The van der Waals surface area contributed by atoms with Crippen LogP contribution in [0.25, 0.3) is 0 Å². The van der Waals surface area contributed by atoms with Crippen molar-refractivity contribution in [3.8, 4) is 0 Å². The summed E-state index contributed by atoms with van der Waals surface area (Å²) in [6, 6.07) is 0. The Morgan fingerprint density at radius 3 is 1.77 bits per heavy atom. The zero-order chi connectivity index (χ0) is 30.8. The van der Waals surface area contributed by atoms with Crippen LogP contribution in [0.4, 0.5) is 0 Å². The molecule has 1 saturated heterocycles. The van der Waals surface area contributed by atoms with E-state index in [-0.39, 0.29) is 6.42 Å². The number of aromatic amines is 1. The predicted octanol–water partition coefficient (Wildman–Crippen LogP) is 1.22. The van der Waals surface area contributed by atoms with Gasteiger partial charge in [0.1, 0.15) is 12.3 Å². The number of H-pyrrole nitrogens is 1. The summed E-state index contributed by atoms with van der Waals surface area (Å²) in [5.74, 6) is -2.13. The second-order valence-corrected chi connectivity index (χ2v) is 9.37. The van der Waals surface area contributed by atoms with Crippen LogP contribution in [-0.2, 0) is 28.2 Å². The van der Waals surface area contributed by atoms with Crippen molar-refractivity contribution in [1.82, 2.24) is 9.55 Å². The molecule has 2 heterocycles. The molecule has 1 aliphatic rings. The van der Waals surface area contributed by atoms with Gasteiger partial charge in [0.15, 0.2) is 0 Å². The summed E-state index contributed by atoms with van der Waals surface area (Å²) >= 11 is 0. The highest BCUT2D eigenvalue weighted by Crippen LogP contribution is 2.38. The number of phosphoric acid groups is 1. The van der Waals surface area contributed by atoms with E-state index in [9.17, 15) is 33.6 Å². The lowest BCUT2D eigenvalue weighted by atomic mass is 10.2. The molecule has 0 spiro atoms. The van der Waals surface area contributed by atoms with E-state index in [1.54, 1.807) is 0 Å². The lowest BCUT2D eigenvalue weighted by Crippen LogP contribution is -2.33. The van der Waals surface area contributed by atoms with E-state index in [2.05, 4.69) is 9.51 Å². The molecule has 0 aromatic carbocycles. The van der Waals surface area contributed by atoms with Gasteiger partial charge in [-0.15, -0.1) is 0 Å². The minimum absolute atomic E-state index is 0.0283. The molecule has 1 fully saturated rings. The summed E-state index contributed by atoms with van der Waals surface area (Å²) in [7, 11) is -4.67. The van der Waals surface area contributed by atoms with Gasteiger partial charge in [0.05, 0.1) is 12.7 Å². The molecule has 1 aromatic rings. The third kappa shape index (κ3) is 19.8. The number of nitrogens with zero attached hydrogens (tertiary/aromatic N) is 1. The number of aliphatic carboxylic acids is 3. The Kier molecular flexibility index (Phi) is 19.7. The molecular formula is C22H39N2O14P. The van der Waals surface area contributed by atoms with E-state index >= 15 is 0 Å². The molecule has 2 rings (SSSR count). The first-order valence-corrected chi connectivity index (χ1v) is 13.5. The molecule has 0 saturated carbocycles. The average molecular weight is 587 g/mol. The van der Waals surface area contributed by atoms with Crippen molar-refractivity contribution in [2.75, 3.05) is 6.61 Å². The molecule has 39 heavy (non-hydrogen) atoms. The summed E-state index contributed by atoms with van der Waals surface area (Å²) < 4.78 is 21.4. The van der Waals surface area contributed by atoms with Gasteiger partial charge in [0, 0.05) is 37.4 Å². The summed E-state index contributed by atoms with van der Waals surface area (Å²) in [5, 5.41) is 33.5. The number of hydrogen-bond donors (Lipinski definition) is 7. The zero-order valence-electron chi connectivity index (χ0n) is 22.3. The van der Waals surface area contributed by atoms with Crippen LogP contribution in [-0.4, -0.2) is 76.5 Å². The van der Waals surface area contributed by atoms with Crippen LogP contribution in [0.3, 0.4) is 0 Å². The third-order valence-corrected chi connectivity index (χ3v) is 4.94. The standard InChI is InChI=1S/C10H15N2O8P.3C4H8O2/c1-5-3-12(10(15)11-9(5)14)8-2-6(13)7(20-8)4-19-21(16,17)18;3*1-2-3-4(5)6/h3,6-8,13H,2,4H2,1H3,(H,11,14,15)(H2,16,17,18);3*2-3H2,1H3,(H,5,6)/t6-,7+,8+;;;/m0.../s1. The third-order valence-electron chi connectivity index (χ3n) is 4.46. The molecule has 1 aromatic heterocycles. The van der Waals surface area contributed by atoms with Gasteiger partial charge in [0.2, 0.25) is 0 Å². The van der Waals surface area contributed by atoms with Crippen LogP contribution >= 0.6 is 7.82 Å². The van der Waals surface area contributed by atoms with Gasteiger partial charge in [-0.3, -0.25) is 33.3 Å². The molecule has 3 atom stereocenters. The Morgan fingerprint density at radius 1 is 1.00 bits per heavy atom. The van der Waals surface area contributed by atoms with Gasteiger partial charge in [-0.05, 0) is 26.2 Å². The number of aryl methyl sites for hydroxylation is 1. The lowest BCUT2D eigenvalue weighted by Gasteiger charge is -2.16. The van der Waals surface area contributed by atoms with Crippen LogP contribution in [0, 0.1) is 6.92 Å². The lowest BCUT2D eigenvalue weighted by molar-refractivity contribution is -0.138. The zero-order valence-corrected chi connectivity index (χ0v) is 23.2. The van der Waals surface area contributed by atoms with Crippen molar-refractivity contribution in [1.29, 1.82) is 0 Å². The first-order valence-electron chi connectivity index (χ1n) is 12.0. The summed E-state index contributed by atoms with van der Waals surface area (Å²) in [6.07, 6.45) is 1.50. The maximum atomic E-state index is 11.7. The highest BCUT2D eigenvalue weighted by molar-refractivity contribution is 7.46. The van der Waals surface area contributed by atoms with Crippen molar-refractivity contribution >= 4 is 25.7 Å². The largest absolute Gasteiger partial charge is 0.481 e. The normalized spacial score (nSPS) is 17.9. The number of carbonyl (C=O) groups is 3. The number of hydrogen-bond acceptors (Lipinski definition) is 9. The van der Waals surface area contributed by atoms with Crippen LogP contribution < -0.4 is 11.2 Å². The van der Waals surface area contributed by atoms with E-state index in [1.165, 1.54) is 13.1 Å². The Bertz CT molecular complexity index is 1010. The monoisotopic (exact) mass is 586 g/mol. The number of carboxylic acids is 3. The first kappa shape index (κ1) is 38.3. The van der Waals surface area contributed by atoms with Crippen molar-refractivity contribution in [3.63, 3.8) is 0 Å². The van der Waals surface area contributed by atoms with Gasteiger partial charge < -0.3 is 34.9 Å². The van der Waals surface area contributed by atoms with Crippen molar-refractivity contribution in [2.24, 2.45) is 0 Å². The van der Waals surface area contributed by atoms with Crippen LogP contribution in [0.2, 0.25) is 0 Å². The number of rotatable bonds is 10. The Balaban J connectivity index is 0. The quantitative estimate of drug-likeness (QED) is 0.190. The number of carboxylic acid groups (broad SMARTS) is 3. The number of aliphatic hydroxyl groups excluding tert-OH is 1. The number of aliphatic hydroxyl groups is 1. The van der Waals surface area contributed by atoms with Crippen LogP contribution in [0.15, 0.2) is 15.8 Å². The van der Waals surface area contributed by atoms with Crippen LogP contribution in [0.1, 0.15) is 77.5 Å². The van der Waals surface area contributed by atoms with Crippen molar-refractivity contribution in [2.45, 2.75) is 91.1 Å². The van der Waals surface area contributed by atoms with Gasteiger partial charge >= 0.3 is 31.4 Å². The average Bonchev–Trinajstić information content (AvgIpc) is 3.15. The molecule has 226 valence electrons. The fraction of sp³-hybridized carbons (Fsp3) is 0.682. The molecule has 0 radical (unpaired) electrons. The molecule has 7 N–H and O–H groups in total. The first-order chi connectivity index (χ1) is 18.0. The summed E-state index contributed by atoms with van der Waals surface area (Å²) in [4.78, 5) is 71.1. The fourth-order valence-corrected chi connectivity index (χ4v) is 2.99. The molecule has 0 amide bonds. The number of ether oxygens (including phenoxy) is 1. The highest BCUT2D eigenvalue weighted by atomic mass is 31.2. The molecule has 0 aliphatic carbocycles. The van der Waals surface area contributed by atoms with E-state index in [0.29, 0.717) is 24.8 Å². The Morgan fingerprint density at radius 2 is 1.44 bits per heavy atom. The highest BCUT2D eigenvalue weighted by Gasteiger charge is 2.37. The minimum Gasteiger partial charge on any atom is -0.481 e. The molecule has 17 heteroatoms. The molecule has 1 aliphatic heterocycles. The molecule has 0 bridgehead atoms. The van der Waals surface area contributed by atoms with E-state index in [4.69, 9.17) is 29.8 Å².